The van der Waals surface area contributed by atoms with E-state index in [2.05, 4.69) is 15.2 Å². The molecule has 6 nitrogen and oxygen atoms in total. The second-order valence-corrected chi connectivity index (χ2v) is 8.80. The van der Waals surface area contributed by atoms with E-state index in [1.807, 2.05) is 30.3 Å². The van der Waals surface area contributed by atoms with Crippen LogP contribution in [-0.4, -0.2) is 32.1 Å². The van der Waals surface area contributed by atoms with Crippen LogP contribution in [0.1, 0.15) is 66.0 Å². The van der Waals surface area contributed by atoms with Gasteiger partial charge in [-0.3, -0.25) is 4.98 Å². The van der Waals surface area contributed by atoms with Crippen molar-refractivity contribution in [2.24, 2.45) is 0 Å². The first-order chi connectivity index (χ1) is 15.6. The molecule has 5 rings (SSSR count). The summed E-state index contributed by atoms with van der Waals surface area (Å²) >= 11 is 5.80. The van der Waals surface area contributed by atoms with Gasteiger partial charge in [-0.05, 0) is 61.5 Å². The number of nitrogens with one attached hydrogen (secondary N) is 1. The standard InChI is InChI=1S/C25H25N3O3S/c29-24(30)17-11-9-16(10-12-17)20-13-14-21(31-20)23-22(19-8-4-5-15-26-19)27-25(32)28(23)18-6-2-1-3-7-18/h4-5,8-15,18,22-23H,1-3,6-7H2,(H,27,32)(H,29,30)/t22-,23-/m1/s1. The molecule has 32 heavy (non-hydrogen) atoms. The summed E-state index contributed by atoms with van der Waals surface area (Å²) in [7, 11) is 0. The number of hydrogen-bond donors (Lipinski definition) is 2. The molecule has 164 valence electrons. The largest absolute Gasteiger partial charge is 0.478 e. The van der Waals surface area contributed by atoms with Crippen LogP contribution in [0.3, 0.4) is 0 Å². The van der Waals surface area contributed by atoms with Crippen molar-refractivity contribution in [1.29, 1.82) is 0 Å². The highest BCUT2D eigenvalue weighted by Gasteiger charge is 2.44. The number of pyridine rings is 1. The number of furan rings is 1. The van der Waals surface area contributed by atoms with E-state index in [-0.39, 0.29) is 17.6 Å². The van der Waals surface area contributed by atoms with Crippen molar-refractivity contribution in [3.8, 4) is 11.3 Å². The molecule has 2 fully saturated rings. The molecule has 2 aromatic heterocycles. The second kappa shape index (κ2) is 8.74. The molecule has 0 bridgehead atoms. The lowest BCUT2D eigenvalue weighted by Gasteiger charge is -2.36. The molecule has 1 saturated carbocycles. The first kappa shape index (κ1) is 20.7. The van der Waals surface area contributed by atoms with Crippen molar-refractivity contribution in [2.75, 3.05) is 0 Å². The van der Waals surface area contributed by atoms with Crippen LogP contribution in [0.15, 0.2) is 65.2 Å². The van der Waals surface area contributed by atoms with Crippen molar-refractivity contribution in [3.63, 3.8) is 0 Å². The van der Waals surface area contributed by atoms with Crippen LogP contribution in [-0.2, 0) is 0 Å². The van der Waals surface area contributed by atoms with Crippen LogP contribution in [0.2, 0.25) is 0 Å². The Bertz CT molecular complexity index is 1110. The van der Waals surface area contributed by atoms with Gasteiger partial charge in [0, 0.05) is 17.8 Å². The molecular weight excluding hydrogens is 422 g/mol. The van der Waals surface area contributed by atoms with E-state index < -0.39 is 5.97 Å². The van der Waals surface area contributed by atoms with Crippen LogP contribution >= 0.6 is 12.2 Å². The van der Waals surface area contributed by atoms with Gasteiger partial charge >= 0.3 is 5.97 Å². The first-order valence-corrected chi connectivity index (χ1v) is 11.5. The topological polar surface area (TPSA) is 78.6 Å². The van der Waals surface area contributed by atoms with Crippen molar-refractivity contribution >= 4 is 23.3 Å². The smallest absolute Gasteiger partial charge is 0.335 e. The highest BCUT2D eigenvalue weighted by molar-refractivity contribution is 7.80. The maximum atomic E-state index is 11.2. The Morgan fingerprint density at radius 2 is 1.84 bits per heavy atom. The Hall–Kier alpha value is -3.19. The molecule has 1 aliphatic heterocycles. The van der Waals surface area contributed by atoms with Crippen LogP contribution in [0.25, 0.3) is 11.3 Å². The summed E-state index contributed by atoms with van der Waals surface area (Å²) in [6, 6.07) is 16.8. The SMILES string of the molecule is O=C(O)c1ccc(-c2ccc([C@@H]3[C@@H](c4ccccn4)NC(=S)N3C3CCCCC3)o2)cc1. The number of benzene rings is 1. The highest BCUT2D eigenvalue weighted by atomic mass is 32.1. The minimum atomic E-state index is -0.941. The number of aromatic nitrogens is 1. The molecule has 2 atom stereocenters. The zero-order valence-corrected chi connectivity index (χ0v) is 18.4. The number of rotatable bonds is 5. The zero-order chi connectivity index (χ0) is 22.1. The van der Waals surface area contributed by atoms with Gasteiger partial charge in [-0.15, -0.1) is 0 Å². The number of aromatic carboxylic acids is 1. The van der Waals surface area contributed by atoms with Gasteiger partial charge in [-0.2, -0.15) is 0 Å². The summed E-state index contributed by atoms with van der Waals surface area (Å²) in [6.07, 6.45) is 7.75. The van der Waals surface area contributed by atoms with E-state index in [0.29, 0.717) is 11.8 Å². The molecule has 0 amide bonds. The summed E-state index contributed by atoms with van der Waals surface area (Å²) in [5.41, 5.74) is 2.03. The molecule has 2 N–H and O–H groups in total. The molecular formula is C25H25N3O3S. The van der Waals surface area contributed by atoms with Gasteiger partial charge in [0.1, 0.15) is 17.6 Å². The van der Waals surface area contributed by atoms with Gasteiger partial charge in [0.2, 0.25) is 0 Å². The average molecular weight is 448 g/mol. The van der Waals surface area contributed by atoms with Gasteiger partial charge in [-0.25, -0.2) is 4.79 Å². The van der Waals surface area contributed by atoms with Crippen molar-refractivity contribution in [3.05, 3.63) is 77.8 Å². The average Bonchev–Trinajstić information content (AvgIpc) is 3.45. The number of carboxylic acids is 1. The quantitative estimate of drug-likeness (QED) is 0.511. The summed E-state index contributed by atoms with van der Waals surface area (Å²) in [5, 5.41) is 13.4. The third kappa shape index (κ3) is 3.88. The molecule has 1 aromatic carbocycles. The third-order valence-electron chi connectivity index (χ3n) is 6.44. The fourth-order valence-electron chi connectivity index (χ4n) is 4.87. The molecule has 3 heterocycles. The van der Waals surface area contributed by atoms with Gasteiger partial charge < -0.3 is 19.7 Å². The molecule has 1 saturated heterocycles. The van der Waals surface area contributed by atoms with E-state index in [0.717, 1.165) is 35.0 Å². The van der Waals surface area contributed by atoms with Crippen molar-refractivity contribution in [2.45, 2.75) is 50.2 Å². The molecule has 0 spiro atoms. The molecule has 2 aliphatic rings. The maximum absolute atomic E-state index is 11.2. The Morgan fingerprint density at radius 1 is 1.06 bits per heavy atom. The van der Waals surface area contributed by atoms with Crippen molar-refractivity contribution < 1.29 is 14.3 Å². The van der Waals surface area contributed by atoms with Crippen LogP contribution in [0, 0.1) is 0 Å². The molecule has 7 heteroatoms. The summed E-state index contributed by atoms with van der Waals surface area (Å²) in [4.78, 5) is 18.1. The Labute approximate surface area is 192 Å². The molecule has 0 unspecified atom stereocenters. The molecule has 1 aliphatic carbocycles. The fraction of sp³-hybridized carbons (Fsp3) is 0.320. The molecule has 3 aromatic rings. The number of thiocarbonyl (C=S) groups is 1. The maximum Gasteiger partial charge on any atom is 0.335 e. The van der Waals surface area contributed by atoms with E-state index in [1.54, 1.807) is 30.5 Å². The van der Waals surface area contributed by atoms with E-state index in [1.165, 1.54) is 19.3 Å². The Morgan fingerprint density at radius 3 is 2.53 bits per heavy atom. The zero-order valence-electron chi connectivity index (χ0n) is 17.6. The minimum Gasteiger partial charge on any atom is -0.478 e. The minimum absolute atomic E-state index is 0.0902. The van der Waals surface area contributed by atoms with E-state index in [4.69, 9.17) is 21.7 Å². The van der Waals surface area contributed by atoms with Crippen LogP contribution in [0.5, 0.6) is 0 Å². The van der Waals surface area contributed by atoms with Crippen molar-refractivity contribution in [1.82, 2.24) is 15.2 Å². The number of carboxylic acid groups (broad SMARTS) is 1. The molecule has 0 radical (unpaired) electrons. The van der Waals surface area contributed by atoms with Gasteiger partial charge in [0.25, 0.3) is 0 Å². The number of nitrogens with zero attached hydrogens (tertiary/aromatic N) is 2. The summed E-state index contributed by atoms with van der Waals surface area (Å²) in [6.45, 7) is 0. The van der Waals surface area contributed by atoms with E-state index >= 15 is 0 Å². The van der Waals surface area contributed by atoms with Gasteiger partial charge in [0.15, 0.2) is 5.11 Å². The lowest BCUT2D eigenvalue weighted by atomic mass is 9.92. The highest BCUT2D eigenvalue weighted by Crippen LogP contribution is 2.43. The lowest BCUT2D eigenvalue weighted by molar-refractivity contribution is 0.0697. The fourth-order valence-corrected chi connectivity index (χ4v) is 5.26. The first-order valence-electron chi connectivity index (χ1n) is 11.0. The number of hydrogen-bond acceptors (Lipinski definition) is 4. The van der Waals surface area contributed by atoms with Crippen LogP contribution in [0.4, 0.5) is 0 Å². The van der Waals surface area contributed by atoms with E-state index in [9.17, 15) is 4.79 Å². The normalized spacial score (nSPS) is 21.5. The second-order valence-electron chi connectivity index (χ2n) is 8.41. The Kier molecular flexibility index (Phi) is 5.66. The van der Waals surface area contributed by atoms with Crippen LogP contribution < -0.4 is 5.32 Å². The Balaban J connectivity index is 1.51. The summed E-state index contributed by atoms with van der Waals surface area (Å²) < 4.78 is 6.36. The third-order valence-corrected chi connectivity index (χ3v) is 6.77. The van der Waals surface area contributed by atoms with Gasteiger partial charge in [0.05, 0.1) is 17.3 Å². The predicted molar refractivity (Wildman–Crippen MR) is 125 cm³/mol. The number of carbonyl (C=O) groups is 1. The van der Waals surface area contributed by atoms with Gasteiger partial charge in [-0.1, -0.05) is 37.5 Å². The predicted octanol–water partition coefficient (Wildman–Crippen LogP) is 5.35. The monoisotopic (exact) mass is 447 g/mol. The summed E-state index contributed by atoms with van der Waals surface area (Å²) in [5.74, 6) is 0.595. The lowest BCUT2D eigenvalue weighted by Crippen LogP contribution is -2.40.